The molecule has 2 amide bonds. The van der Waals surface area contributed by atoms with Crippen molar-refractivity contribution in [1.82, 2.24) is 0 Å². The number of hydroxylamine groups is 1. The Bertz CT molecular complexity index is 1150. The first-order valence-corrected chi connectivity index (χ1v) is 10.3. The Morgan fingerprint density at radius 3 is 2.03 bits per heavy atom. The predicted octanol–water partition coefficient (Wildman–Crippen LogP) is 3.75. The van der Waals surface area contributed by atoms with Crippen molar-refractivity contribution in [2.45, 2.75) is 12.1 Å². The molecular weight excluding hydrogens is 408 g/mol. The molecule has 3 atom stereocenters. The van der Waals surface area contributed by atoms with Crippen molar-refractivity contribution < 1.29 is 23.9 Å². The van der Waals surface area contributed by atoms with Gasteiger partial charge < -0.3 is 9.47 Å². The summed E-state index contributed by atoms with van der Waals surface area (Å²) < 4.78 is 11.1. The van der Waals surface area contributed by atoms with Gasteiger partial charge in [-0.05, 0) is 30.3 Å². The number of hydrogen-bond acceptors (Lipinski definition) is 6. The highest BCUT2D eigenvalue weighted by molar-refractivity contribution is 6.23. The molecule has 0 radical (unpaired) electrons. The molecule has 32 heavy (non-hydrogen) atoms. The third-order valence-electron chi connectivity index (χ3n) is 5.89. The zero-order chi connectivity index (χ0) is 22.2. The Balaban J connectivity index is 1.65. The fraction of sp³-hybridized carbons (Fsp3) is 0.200. The van der Waals surface area contributed by atoms with Crippen LogP contribution in [0.2, 0.25) is 0 Å². The highest BCUT2D eigenvalue weighted by atomic mass is 16.7. The molecule has 7 nitrogen and oxygen atoms in total. The minimum Gasteiger partial charge on any atom is -0.493 e. The van der Waals surface area contributed by atoms with Crippen LogP contribution in [0.25, 0.3) is 0 Å². The van der Waals surface area contributed by atoms with Crippen LogP contribution >= 0.6 is 0 Å². The van der Waals surface area contributed by atoms with Crippen LogP contribution in [0.5, 0.6) is 11.5 Å². The zero-order valence-electron chi connectivity index (χ0n) is 17.7. The summed E-state index contributed by atoms with van der Waals surface area (Å²) in [5.74, 6) is -0.387. The normalized spacial score (nSPS) is 22.2. The second-order valence-electron chi connectivity index (χ2n) is 7.59. The van der Waals surface area contributed by atoms with E-state index in [2.05, 4.69) is 0 Å². The Labute approximate surface area is 185 Å². The van der Waals surface area contributed by atoms with Crippen molar-refractivity contribution in [1.29, 1.82) is 0 Å². The van der Waals surface area contributed by atoms with Crippen molar-refractivity contribution >= 4 is 23.2 Å². The number of benzene rings is 3. The molecular formula is C25H22N2O5. The molecule has 3 aromatic rings. The molecule has 2 fully saturated rings. The van der Waals surface area contributed by atoms with Crippen molar-refractivity contribution in [3.63, 3.8) is 0 Å². The van der Waals surface area contributed by atoms with Gasteiger partial charge in [0.2, 0.25) is 5.91 Å². The lowest BCUT2D eigenvalue weighted by Crippen LogP contribution is -2.37. The number of fused-ring (bicyclic) bond motifs is 1. The number of carbonyl (C=O) groups is 2. The Morgan fingerprint density at radius 1 is 0.750 bits per heavy atom. The van der Waals surface area contributed by atoms with E-state index in [0.717, 1.165) is 5.69 Å². The summed E-state index contributed by atoms with van der Waals surface area (Å²) in [7, 11) is 3.12. The lowest BCUT2D eigenvalue weighted by atomic mass is 9.89. The summed E-state index contributed by atoms with van der Waals surface area (Å²) >= 11 is 0. The minimum atomic E-state index is -0.941. The first-order valence-electron chi connectivity index (χ1n) is 10.3. The van der Waals surface area contributed by atoms with E-state index in [9.17, 15) is 9.59 Å². The topological polar surface area (TPSA) is 68.3 Å². The smallest absolute Gasteiger partial charge is 0.266 e. The predicted molar refractivity (Wildman–Crippen MR) is 119 cm³/mol. The molecule has 2 saturated heterocycles. The Hall–Kier alpha value is -3.84. The van der Waals surface area contributed by atoms with E-state index in [0.29, 0.717) is 22.7 Å². The second kappa shape index (κ2) is 8.01. The van der Waals surface area contributed by atoms with Crippen LogP contribution in [0.1, 0.15) is 11.6 Å². The quantitative estimate of drug-likeness (QED) is 0.575. The summed E-state index contributed by atoms with van der Waals surface area (Å²) in [4.78, 5) is 34.4. The average Bonchev–Trinajstić information content (AvgIpc) is 3.35. The van der Waals surface area contributed by atoms with Gasteiger partial charge in [0, 0.05) is 5.56 Å². The number of rotatable bonds is 5. The molecule has 2 heterocycles. The number of anilines is 2. The molecule has 5 rings (SSSR count). The molecule has 0 N–H and O–H groups in total. The molecule has 162 valence electrons. The molecule has 3 aromatic carbocycles. The lowest BCUT2D eigenvalue weighted by molar-refractivity contribution is -0.126. The van der Waals surface area contributed by atoms with Crippen molar-refractivity contribution in [2.24, 2.45) is 5.92 Å². The van der Waals surface area contributed by atoms with E-state index in [4.69, 9.17) is 14.3 Å². The van der Waals surface area contributed by atoms with Gasteiger partial charge in [0.1, 0.15) is 12.0 Å². The van der Waals surface area contributed by atoms with E-state index in [-0.39, 0.29) is 11.8 Å². The van der Waals surface area contributed by atoms with E-state index in [1.54, 1.807) is 49.6 Å². The van der Waals surface area contributed by atoms with Crippen molar-refractivity contribution in [2.75, 3.05) is 24.2 Å². The Kier molecular flexibility index (Phi) is 5.03. The van der Waals surface area contributed by atoms with E-state index >= 15 is 0 Å². The summed E-state index contributed by atoms with van der Waals surface area (Å²) in [6.07, 6.45) is -0.941. The standard InChI is InChI=1S/C25H22N2O5/c1-30-19-15-9-14-18(22(19)31-2)21-20-23(32-27(21)17-12-7-4-8-13-17)25(29)26(24(20)28)16-10-5-3-6-11-16/h3-15,20-21,23H,1-2H3/t20-,21-,23+/m1/s1. The molecule has 0 unspecified atom stereocenters. The first kappa shape index (κ1) is 20.1. The fourth-order valence-electron chi connectivity index (χ4n) is 4.51. The molecule has 2 aliphatic heterocycles. The lowest BCUT2D eigenvalue weighted by Gasteiger charge is -2.30. The summed E-state index contributed by atoms with van der Waals surface area (Å²) in [6.45, 7) is 0. The number of hydrogen-bond donors (Lipinski definition) is 0. The molecule has 0 aliphatic carbocycles. The van der Waals surface area contributed by atoms with Gasteiger partial charge in [0.05, 0.1) is 25.6 Å². The van der Waals surface area contributed by atoms with Crippen LogP contribution in [0, 0.1) is 5.92 Å². The van der Waals surface area contributed by atoms with E-state index in [1.165, 1.54) is 4.90 Å². The number of para-hydroxylation sites is 3. The molecule has 7 heteroatoms. The molecule has 0 saturated carbocycles. The van der Waals surface area contributed by atoms with Crippen LogP contribution in [0.15, 0.2) is 78.9 Å². The summed E-state index contributed by atoms with van der Waals surface area (Å²) in [5, 5.41) is 1.64. The number of methoxy groups -OCH3 is 2. The third kappa shape index (κ3) is 3.01. The van der Waals surface area contributed by atoms with Gasteiger partial charge in [-0.25, -0.2) is 9.96 Å². The van der Waals surface area contributed by atoms with Crippen LogP contribution in [0.3, 0.4) is 0 Å². The zero-order valence-corrected chi connectivity index (χ0v) is 17.7. The van der Waals surface area contributed by atoms with Crippen molar-refractivity contribution in [3.05, 3.63) is 84.4 Å². The molecule has 0 bridgehead atoms. The van der Waals surface area contributed by atoms with Crippen LogP contribution < -0.4 is 19.4 Å². The number of amides is 2. The second-order valence-corrected chi connectivity index (χ2v) is 7.59. The van der Waals surface area contributed by atoms with Crippen LogP contribution in [-0.4, -0.2) is 32.1 Å². The number of imide groups is 1. The van der Waals surface area contributed by atoms with Crippen LogP contribution in [-0.2, 0) is 14.4 Å². The maximum absolute atomic E-state index is 13.6. The number of ether oxygens (including phenoxy) is 2. The van der Waals surface area contributed by atoms with E-state index < -0.39 is 18.1 Å². The average molecular weight is 430 g/mol. The Morgan fingerprint density at radius 2 is 1.41 bits per heavy atom. The monoisotopic (exact) mass is 430 g/mol. The number of carbonyl (C=O) groups excluding carboxylic acids is 2. The van der Waals surface area contributed by atoms with Crippen LogP contribution in [0.4, 0.5) is 11.4 Å². The van der Waals surface area contributed by atoms with Gasteiger partial charge in [-0.3, -0.25) is 14.4 Å². The highest BCUT2D eigenvalue weighted by Gasteiger charge is 2.60. The first-order chi connectivity index (χ1) is 15.7. The van der Waals surface area contributed by atoms with Gasteiger partial charge >= 0.3 is 0 Å². The van der Waals surface area contributed by atoms with Crippen molar-refractivity contribution in [3.8, 4) is 11.5 Å². The van der Waals surface area contributed by atoms with E-state index in [1.807, 2.05) is 48.5 Å². The highest BCUT2D eigenvalue weighted by Crippen LogP contribution is 2.50. The SMILES string of the molecule is COc1cccc([C@@H]2[C@H]3C(=O)N(c4ccccc4)C(=O)[C@H]3ON2c2ccccc2)c1OC. The summed E-state index contributed by atoms with van der Waals surface area (Å²) in [5.41, 5.74) is 1.98. The van der Waals surface area contributed by atoms with Gasteiger partial charge in [-0.1, -0.05) is 48.5 Å². The summed E-state index contributed by atoms with van der Waals surface area (Å²) in [6, 6.07) is 23.3. The molecule has 0 spiro atoms. The van der Waals surface area contributed by atoms with Gasteiger partial charge in [0.25, 0.3) is 5.91 Å². The molecule has 2 aliphatic rings. The minimum absolute atomic E-state index is 0.306. The van der Waals surface area contributed by atoms with Gasteiger partial charge in [-0.2, -0.15) is 0 Å². The number of nitrogens with zero attached hydrogens (tertiary/aromatic N) is 2. The maximum Gasteiger partial charge on any atom is 0.266 e. The molecule has 0 aromatic heterocycles. The van der Waals surface area contributed by atoms with Gasteiger partial charge in [-0.15, -0.1) is 0 Å². The largest absolute Gasteiger partial charge is 0.493 e. The van der Waals surface area contributed by atoms with Gasteiger partial charge in [0.15, 0.2) is 17.6 Å². The fourth-order valence-corrected chi connectivity index (χ4v) is 4.51. The third-order valence-corrected chi connectivity index (χ3v) is 5.89. The maximum atomic E-state index is 13.6.